The first-order chi connectivity index (χ1) is 13.0. The fraction of sp³-hybridized carbons (Fsp3) is 0.600. The minimum absolute atomic E-state index is 0.0206. The van der Waals surface area contributed by atoms with Crippen molar-refractivity contribution in [2.45, 2.75) is 57.2 Å². The topological polar surface area (TPSA) is 90.8 Å². The second kappa shape index (κ2) is 7.29. The molecule has 1 aromatic rings. The lowest BCUT2D eigenvalue weighted by molar-refractivity contribution is -0.151. The number of pyridine rings is 1. The van der Waals surface area contributed by atoms with E-state index in [0.717, 1.165) is 31.4 Å². The van der Waals surface area contributed by atoms with E-state index in [1.807, 2.05) is 18.2 Å². The highest BCUT2D eigenvalue weighted by Gasteiger charge is 2.50. The van der Waals surface area contributed by atoms with E-state index in [-0.39, 0.29) is 30.2 Å². The zero-order valence-corrected chi connectivity index (χ0v) is 15.3. The normalized spacial score (nSPS) is 30.4. The molecule has 4 rings (SSSR count). The van der Waals surface area contributed by atoms with E-state index in [9.17, 15) is 19.5 Å². The van der Waals surface area contributed by atoms with E-state index in [0.29, 0.717) is 19.5 Å². The molecule has 1 aromatic heterocycles. The second-order valence-electron chi connectivity index (χ2n) is 7.94. The summed E-state index contributed by atoms with van der Waals surface area (Å²) in [5.74, 6) is -1.32. The monoisotopic (exact) mass is 371 g/mol. The van der Waals surface area contributed by atoms with Crippen LogP contribution in [0.1, 0.15) is 44.2 Å². The van der Waals surface area contributed by atoms with Crippen molar-refractivity contribution in [1.29, 1.82) is 0 Å². The van der Waals surface area contributed by atoms with Crippen LogP contribution in [0.4, 0.5) is 0 Å². The van der Waals surface area contributed by atoms with Crippen LogP contribution in [0.5, 0.6) is 0 Å². The molecule has 0 radical (unpaired) electrons. The van der Waals surface area contributed by atoms with Gasteiger partial charge in [-0.25, -0.2) is 4.79 Å². The molecule has 0 bridgehead atoms. The summed E-state index contributed by atoms with van der Waals surface area (Å²) in [6.07, 6.45) is 6.40. The number of aromatic nitrogens is 1. The van der Waals surface area contributed by atoms with E-state index in [1.165, 1.54) is 0 Å². The number of aliphatic carboxylic acids is 1. The minimum atomic E-state index is -0.924. The summed E-state index contributed by atoms with van der Waals surface area (Å²) in [4.78, 5) is 44.9. The van der Waals surface area contributed by atoms with Crippen LogP contribution >= 0.6 is 0 Å². The van der Waals surface area contributed by atoms with Crippen LogP contribution in [-0.4, -0.2) is 56.3 Å². The highest BCUT2D eigenvalue weighted by molar-refractivity contribution is 5.92. The van der Waals surface area contributed by atoms with Crippen LogP contribution < -0.4 is 0 Å². The molecule has 0 spiro atoms. The van der Waals surface area contributed by atoms with Crippen molar-refractivity contribution in [2.24, 2.45) is 11.8 Å². The highest BCUT2D eigenvalue weighted by Crippen LogP contribution is 2.41. The Labute approximate surface area is 158 Å². The molecule has 2 amide bonds. The van der Waals surface area contributed by atoms with Crippen molar-refractivity contribution < 1.29 is 19.5 Å². The van der Waals surface area contributed by atoms with Gasteiger partial charge in [-0.15, -0.1) is 0 Å². The molecule has 1 N–H and O–H groups in total. The molecule has 27 heavy (non-hydrogen) atoms. The van der Waals surface area contributed by atoms with E-state index in [1.54, 1.807) is 16.0 Å². The van der Waals surface area contributed by atoms with E-state index < -0.39 is 17.9 Å². The first-order valence-electron chi connectivity index (χ1n) is 9.77. The van der Waals surface area contributed by atoms with Crippen LogP contribution in [0.15, 0.2) is 24.4 Å². The Morgan fingerprint density at radius 1 is 1.22 bits per heavy atom. The molecule has 2 saturated heterocycles. The van der Waals surface area contributed by atoms with Crippen molar-refractivity contribution >= 4 is 17.8 Å². The minimum Gasteiger partial charge on any atom is -0.480 e. The number of amides is 2. The number of carbonyl (C=O) groups is 3. The van der Waals surface area contributed by atoms with Gasteiger partial charge in [0.1, 0.15) is 6.04 Å². The van der Waals surface area contributed by atoms with Crippen LogP contribution in [0.3, 0.4) is 0 Å². The lowest BCUT2D eigenvalue weighted by atomic mass is 9.84. The van der Waals surface area contributed by atoms with Gasteiger partial charge in [-0.3, -0.25) is 14.6 Å². The number of hydrogen-bond acceptors (Lipinski definition) is 4. The van der Waals surface area contributed by atoms with Crippen molar-refractivity contribution in [3.8, 4) is 0 Å². The van der Waals surface area contributed by atoms with Gasteiger partial charge in [0.25, 0.3) is 0 Å². The molecule has 1 saturated carbocycles. The standard InChI is InChI=1S/C20H25N3O4/c24-18-10-14(11-22(18)12-15-6-3-4-8-21-15)19(25)23-16-7-2-1-5-13(16)9-17(23)20(26)27/h3-4,6,8,13-14,16-17H,1-2,5,7,9-12H2,(H,26,27)/t13-,14+,16-,17-/m0/s1. The van der Waals surface area contributed by atoms with Gasteiger partial charge in [0.05, 0.1) is 18.2 Å². The van der Waals surface area contributed by atoms with Crippen LogP contribution in [0.25, 0.3) is 0 Å². The highest BCUT2D eigenvalue weighted by atomic mass is 16.4. The molecule has 0 unspecified atom stereocenters. The van der Waals surface area contributed by atoms with Gasteiger partial charge in [0, 0.05) is 25.2 Å². The van der Waals surface area contributed by atoms with Crippen molar-refractivity contribution in [3.05, 3.63) is 30.1 Å². The number of nitrogens with zero attached hydrogens (tertiary/aromatic N) is 3. The fourth-order valence-corrected chi connectivity index (χ4v) is 4.99. The molecular formula is C20H25N3O4. The Morgan fingerprint density at radius 2 is 2.04 bits per heavy atom. The fourth-order valence-electron chi connectivity index (χ4n) is 4.99. The zero-order chi connectivity index (χ0) is 19.0. The number of carboxylic acid groups (broad SMARTS) is 1. The average molecular weight is 371 g/mol. The Morgan fingerprint density at radius 3 is 2.78 bits per heavy atom. The Bertz CT molecular complexity index is 738. The Kier molecular flexibility index (Phi) is 4.85. The maximum Gasteiger partial charge on any atom is 0.326 e. The van der Waals surface area contributed by atoms with Gasteiger partial charge in [-0.2, -0.15) is 0 Å². The largest absolute Gasteiger partial charge is 0.480 e. The van der Waals surface area contributed by atoms with Crippen molar-refractivity contribution in [1.82, 2.24) is 14.8 Å². The lowest BCUT2D eigenvalue weighted by Gasteiger charge is -2.34. The molecule has 3 heterocycles. The predicted molar refractivity (Wildman–Crippen MR) is 96.4 cm³/mol. The summed E-state index contributed by atoms with van der Waals surface area (Å²) in [5.41, 5.74) is 0.788. The number of hydrogen-bond donors (Lipinski definition) is 1. The third-order valence-corrected chi connectivity index (χ3v) is 6.27. The molecule has 4 atom stereocenters. The summed E-state index contributed by atoms with van der Waals surface area (Å²) >= 11 is 0. The molecule has 3 fully saturated rings. The summed E-state index contributed by atoms with van der Waals surface area (Å²) in [7, 11) is 0. The van der Waals surface area contributed by atoms with Gasteiger partial charge >= 0.3 is 5.97 Å². The maximum atomic E-state index is 13.2. The van der Waals surface area contributed by atoms with Crippen LogP contribution in [0, 0.1) is 11.8 Å². The molecule has 2 aliphatic heterocycles. The zero-order valence-electron chi connectivity index (χ0n) is 15.3. The van der Waals surface area contributed by atoms with Crippen molar-refractivity contribution in [2.75, 3.05) is 6.54 Å². The second-order valence-corrected chi connectivity index (χ2v) is 7.94. The number of rotatable bonds is 4. The van der Waals surface area contributed by atoms with Gasteiger partial charge in [-0.1, -0.05) is 18.9 Å². The van der Waals surface area contributed by atoms with Crippen molar-refractivity contribution in [3.63, 3.8) is 0 Å². The molecule has 7 heteroatoms. The smallest absolute Gasteiger partial charge is 0.326 e. The third kappa shape index (κ3) is 3.42. The molecule has 144 valence electrons. The van der Waals surface area contributed by atoms with E-state index in [2.05, 4.69) is 4.98 Å². The number of carbonyl (C=O) groups excluding carboxylic acids is 2. The summed E-state index contributed by atoms with van der Waals surface area (Å²) in [6.45, 7) is 0.729. The first kappa shape index (κ1) is 17.9. The maximum absolute atomic E-state index is 13.2. The van der Waals surface area contributed by atoms with Gasteiger partial charge < -0.3 is 14.9 Å². The Balaban J connectivity index is 1.48. The number of likely N-dealkylation sites (tertiary alicyclic amines) is 2. The molecule has 7 nitrogen and oxygen atoms in total. The quantitative estimate of drug-likeness (QED) is 0.869. The summed E-state index contributed by atoms with van der Waals surface area (Å²) in [6, 6.07) is 4.83. The summed E-state index contributed by atoms with van der Waals surface area (Å²) in [5, 5.41) is 9.64. The van der Waals surface area contributed by atoms with Gasteiger partial charge in [0.2, 0.25) is 11.8 Å². The van der Waals surface area contributed by atoms with Crippen LogP contribution in [0.2, 0.25) is 0 Å². The Hall–Kier alpha value is -2.44. The molecular weight excluding hydrogens is 346 g/mol. The molecule has 1 aliphatic carbocycles. The SMILES string of the molecule is O=C(O)[C@@H]1C[C@@H]2CCCC[C@@H]2N1C(=O)[C@@H]1CC(=O)N(Cc2ccccn2)C1. The summed E-state index contributed by atoms with van der Waals surface area (Å²) < 4.78 is 0. The van der Waals surface area contributed by atoms with Crippen LogP contribution in [-0.2, 0) is 20.9 Å². The molecule has 3 aliphatic rings. The van der Waals surface area contributed by atoms with Gasteiger partial charge in [-0.05, 0) is 37.3 Å². The van der Waals surface area contributed by atoms with E-state index >= 15 is 0 Å². The number of fused-ring (bicyclic) bond motifs is 1. The van der Waals surface area contributed by atoms with E-state index in [4.69, 9.17) is 0 Å². The molecule has 0 aromatic carbocycles. The third-order valence-electron chi connectivity index (χ3n) is 6.27. The lowest BCUT2D eigenvalue weighted by Crippen LogP contribution is -2.49. The first-order valence-corrected chi connectivity index (χ1v) is 9.77. The predicted octanol–water partition coefficient (Wildman–Crippen LogP) is 1.67. The van der Waals surface area contributed by atoms with Gasteiger partial charge in [0.15, 0.2) is 0 Å². The average Bonchev–Trinajstić information content (AvgIpc) is 3.23. The number of carboxylic acids is 1.